The van der Waals surface area contributed by atoms with Crippen molar-refractivity contribution in [2.24, 2.45) is 14.1 Å². The van der Waals surface area contributed by atoms with Crippen molar-refractivity contribution >= 4 is 0 Å². The fourth-order valence-corrected chi connectivity index (χ4v) is 9.74. The van der Waals surface area contributed by atoms with Crippen LogP contribution in [-0.4, -0.2) is 29.5 Å². The minimum Gasteiger partial charge on any atom is -0.289 e. The molecule has 0 bridgehead atoms. The van der Waals surface area contributed by atoms with Gasteiger partial charge in [0.15, 0.2) is 0 Å². The fraction of sp³-hybridized carbons (Fsp3) is 0.412. The molecule has 0 saturated carbocycles. The molecule has 0 aliphatic heterocycles. The van der Waals surface area contributed by atoms with Crippen LogP contribution in [0.4, 0.5) is 0 Å². The molecular formula is C68H84Ir2N6-2. The fourth-order valence-electron chi connectivity index (χ4n) is 9.74. The van der Waals surface area contributed by atoms with Crippen LogP contribution in [0.1, 0.15) is 167 Å². The van der Waals surface area contributed by atoms with Crippen LogP contribution in [0.2, 0.25) is 0 Å². The Labute approximate surface area is 485 Å². The zero-order valence-electron chi connectivity index (χ0n) is 47.8. The third kappa shape index (κ3) is 16.9. The number of nitrogens with zero attached hydrogens (tertiary/aromatic N) is 6. The summed E-state index contributed by atoms with van der Waals surface area (Å²) in [6.45, 7) is 22.4. The van der Waals surface area contributed by atoms with Crippen molar-refractivity contribution in [2.45, 2.75) is 170 Å². The van der Waals surface area contributed by atoms with Crippen molar-refractivity contribution in [3.8, 4) is 67.3 Å². The number of benzene rings is 6. The van der Waals surface area contributed by atoms with E-state index in [1.54, 1.807) is 0 Å². The molecule has 2 heterocycles. The van der Waals surface area contributed by atoms with Crippen LogP contribution in [0, 0.1) is 12.1 Å². The number of aryl methyl sites for hydroxylation is 6. The molecule has 406 valence electrons. The monoisotopic (exact) mass is 1370 g/mol. The summed E-state index contributed by atoms with van der Waals surface area (Å²) in [6, 6.07) is 51.8. The summed E-state index contributed by atoms with van der Waals surface area (Å²) in [4.78, 5) is 9.59. The van der Waals surface area contributed by atoms with E-state index < -0.39 is 0 Å². The molecule has 6 nitrogen and oxygen atoms in total. The number of rotatable bonds is 20. The largest absolute Gasteiger partial charge is 0.289 e. The molecule has 0 saturated heterocycles. The second kappa shape index (κ2) is 29.0. The quantitative estimate of drug-likeness (QED) is 0.0564. The van der Waals surface area contributed by atoms with Crippen LogP contribution >= 0.6 is 0 Å². The van der Waals surface area contributed by atoms with Crippen LogP contribution in [0.3, 0.4) is 0 Å². The van der Waals surface area contributed by atoms with Gasteiger partial charge in [0.2, 0.25) is 0 Å². The molecule has 6 aromatic carbocycles. The molecule has 0 spiro atoms. The predicted molar refractivity (Wildman–Crippen MR) is 313 cm³/mol. The van der Waals surface area contributed by atoms with Gasteiger partial charge in [-0.25, -0.2) is 0 Å². The van der Waals surface area contributed by atoms with Crippen molar-refractivity contribution in [2.75, 3.05) is 0 Å². The summed E-state index contributed by atoms with van der Waals surface area (Å²) in [7, 11) is 3.94. The second-order valence-corrected chi connectivity index (χ2v) is 22.5. The van der Waals surface area contributed by atoms with Gasteiger partial charge in [0.25, 0.3) is 0 Å². The average Bonchev–Trinajstić information content (AvgIpc) is 3.96. The summed E-state index contributed by atoms with van der Waals surface area (Å²) >= 11 is 0. The van der Waals surface area contributed by atoms with Crippen molar-refractivity contribution in [3.05, 3.63) is 167 Å². The smallest absolute Gasteiger partial charge is 0.140 e. The molecule has 0 atom stereocenters. The molecule has 2 radical (unpaired) electrons. The first kappa shape index (κ1) is 61.7. The molecule has 2 aromatic heterocycles. The zero-order valence-corrected chi connectivity index (χ0v) is 52.6. The summed E-state index contributed by atoms with van der Waals surface area (Å²) < 4.78 is 3.76. The molecular weight excluding hydrogens is 1290 g/mol. The Hall–Kier alpha value is -5.10. The third-order valence-electron chi connectivity index (χ3n) is 14.1. The minimum absolute atomic E-state index is 0. The summed E-state index contributed by atoms with van der Waals surface area (Å²) in [5.74, 6) is 3.54. The first-order valence-electron chi connectivity index (χ1n) is 27.9. The summed E-state index contributed by atoms with van der Waals surface area (Å²) in [5.41, 5.74) is 17.6. The van der Waals surface area contributed by atoms with Gasteiger partial charge in [-0.1, -0.05) is 174 Å². The van der Waals surface area contributed by atoms with Gasteiger partial charge in [-0.15, -0.1) is 70.8 Å². The SMILES string of the molecule is CCCCCCc1cc(CCCCCC)cc(-c2cc[c-]c(-c3nc(CCC)nn3C)c2)c1.CCCc1nc(-c2[c-]ccc(-c3cc(-c4ccc(C(C)(C)C)cc4)cc(-c4ccc(C(C)(C)C)cc4)c3)c2)n(C)n1.[Ir].[Ir]. The van der Waals surface area contributed by atoms with Crippen LogP contribution < -0.4 is 0 Å². The van der Waals surface area contributed by atoms with Gasteiger partial charge >= 0.3 is 0 Å². The zero-order chi connectivity index (χ0) is 52.8. The molecule has 0 fully saturated rings. The second-order valence-electron chi connectivity index (χ2n) is 22.5. The average molecular weight is 1370 g/mol. The van der Waals surface area contributed by atoms with Gasteiger partial charge in [-0.3, -0.25) is 19.3 Å². The Bertz CT molecular complexity index is 2930. The number of hydrogen-bond donors (Lipinski definition) is 0. The van der Waals surface area contributed by atoms with E-state index in [9.17, 15) is 0 Å². The summed E-state index contributed by atoms with van der Waals surface area (Å²) in [5, 5.41) is 9.21. The van der Waals surface area contributed by atoms with Crippen LogP contribution in [0.25, 0.3) is 67.3 Å². The van der Waals surface area contributed by atoms with E-state index in [0.29, 0.717) is 0 Å². The van der Waals surface area contributed by atoms with E-state index in [-0.39, 0.29) is 51.0 Å². The molecule has 0 aliphatic carbocycles. The van der Waals surface area contributed by atoms with E-state index in [4.69, 9.17) is 9.97 Å². The van der Waals surface area contributed by atoms with Crippen LogP contribution in [0.15, 0.2) is 121 Å². The van der Waals surface area contributed by atoms with Crippen LogP contribution in [-0.2, 0) is 90.8 Å². The van der Waals surface area contributed by atoms with Gasteiger partial charge in [0, 0.05) is 67.1 Å². The predicted octanol–water partition coefficient (Wildman–Crippen LogP) is 18.0. The number of aromatic nitrogens is 6. The topological polar surface area (TPSA) is 61.4 Å². The van der Waals surface area contributed by atoms with Gasteiger partial charge in [-0.2, -0.15) is 10.2 Å². The maximum atomic E-state index is 4.81. The van der Waals surface area contributed by atoms with E-state index in [1.165, 1.54) is 125 Å². The Kier molecular flexibility index (Phi) is 23.6. The first-order valence-corrected chi connectivity index (χ1v) is 27.9. The Morgan fingerprint density at radius 2 is 0.750 bits per heavy atom. The van der Waals surface area contributed by atoms with Crippen molar-refractivity contribution in [3.63, 3.8) is 0 Å². The van der Waals surface area contributed by atoms with Crippen molar-refractivity contribution in [1.82, 2.24) is 29.5 Å². The van der Waals surface area contributed by atoms with Gasteiger partial charge in [-0.05, 0) is 123 Å². The number of hydrogen-bond acceptors (Lipinski definition) is 4. The number of unbranched alkanes of at least 4 members (excludes halogenated alkanes) is 6. The van der Waals surface area contributed by atoms with E-state index in [0.717, 1.165) is 65.7 Å². The molecule has 0 aliphatic rings. The van der Waals surface area contributed by atoms with Gasteiger partial charge in [0.1, 0.15) is 11.6 Å². The maximum Gasteiger partial charge on any atom is 0.140 e. The molecule has 0 N–H and O–H groups in total. The Morgan fingerprint density at radius 1 is 0.382 bits per heavy atom. The molecule has 0 unspecified atom stereocenters. The molecule has 0 amide bonds. The van der Waals surface area contributed by atoms with E-state index >= 15 is 0 Å². The Balaban J connectivity index is 0.000000280. The third-order valence-corrected chi connectivity index (χ3v) is 14.1. The van der Waals surface area contributed by atoms with Crippen molar-refractivity contribution in [1.29, 1.82) is 0 Å². The summed E-state index contributed by atoms with van der Waals surface area (Å²) in [6.07, 6.45) is 16.6. The normalized spacial score (nSPS) is 11.4. The van der Waals surface area contributed by atoms with E-state index in [2.05, 4.69) is 201 Å². The van der Waals surface area contributed by atoms with Crippen LogP contribution in [0.5, 0.6) is 0 Å². The van der Waals surface area contributed by atoms with Crippen molar-refractivity contribution < 1.29 is 40.2 Å². The molecule has 8 aromatic rings. The van der Waals surface area contributed by atoms with Gasteiger partial charge in [0.05, 0.1) is 11.6 Å². The standard InChI is InChI=1S/C38H42N3.C30H42N3.2Ir/c1-9-11-35-39-36(41(8)40-35)29-13-10-12-28(22-29)32-24-30(26-14-18-33(19-15-26)37(2,3)4)23-31(25-32)27-16-20-34(21-17-27)38(5,6)7;1-5-8-10-12-16-24-20-25(17-13-11-9-6-2)22-28(21-24)26-18-14-19-27(23-26)30-31-29(15-7-3)32-33(30)4;;/h10,12,14-25H,9,11H2,1-8H3;14,18,20-23H,5-13,15-17H2,1-4H3;;/q2*-1;;. The molecule has 8 heteroatoms. The minimum atomic E-state index is 0. The molecule has 76 heavy (non-hydrogen) atoms. The molecule has 8 rings (SSSR count). The first-order chi connectivity index (χ1) is 35.6. The van der Waals surface area contributed by atoms with E-state index in [1.807, 2.05) is 35.6 Å². The Morgan fingerprint density at radius 3 is 1.11 bits per heavy atom. The van der Waals surface area contributed by atoms with Gasteiger partial charge < -0.3 is 0 Å². The maximum absolute atomic E-state index is 4.81.